The Bertz CT molecular complexity index is 413. The number of nitrogens with zero attached hydrogens (tertiary/aromatic N) is 2. The molecule has 2 aliphatic heterocycles. The van der Waals surface area contributed by atoms with E-state index >= 15 is 0 Å². The third-order valence-electron chi connectivity index (χ3n) is 4.49. The molecule has 0 aromatic rings. The Morgan fingerprint density at radius 1 is 1.33 bits per heavy atom. The summed E-state index contributed by atoms with van der Waals surface area (Å²) in [4.78, 5) is 27.3. The van der Waals surface area contributed by atoms with Crippen molar-refractivity contribution in [2.75, 3.05) is 26.2 Å². The first-order valence-electron chi connectivity index (χ1n) is 7.55. The molecule has 2 aliphatic rings. The number of urea groups is 1. The normalized spacial score (nSPS) is 29.4. The maximum atomic E-state index is 12.2. The summed E-state index contributed by atoms with van der Waals surface area (Å²) < 4.78 is 0. The van der Waals surface area contributed by atoms with Gasteiger partial charge < -0.3 is 20.4 Å². The van der Waals surface area contributed by atoms with Crippen LogP contribution in [-0.2, 0) is 4.79 Å². The maximum Gasteiger partial charge on any atom is 0.337 e. The van der Waals surface area contributed by atoms with Gasteiger partial charge in [-0.1, -0.05) is 6.42 Å². The number of amides is 2. The van der Waals surface area contributed by atoms with Crippen LogP contribution in [0.1, 0.15) is 33.1 Å². The lowest BCUT2D eigenvalue weighted by Crippen LogP contribution is -2.62. The van der Waals surface area contributed by atoms with Gasteiger partial charge in [-0.05, 0) is 33.2 Å². The van der Waals surface area contributed by atoms with E-state index in [4.69, 9.17) is 5.11 Å². The van der Waals surface area contributed by atoms with Gasteiger partial charge in [0.25, 0.3) is 0 Å². The maximum absolute atomic E-state index is 12.2. The molecule has 7 heteroatoms. The number of aliphatic carboxylic acids is 1. The second kappa shape index (κ2) is 6.19. The van der Waals surface area contributed by atoms with Crippen molar-refractivity contribution in [3.8, 4) is 0 Å². The Morgan fingerprint density at radius 3 is 2.71 bits per heavy atom. The first-order valence-corrected chi connectivity index (χ1v) is 7.55. The molecule has 120 valence electrons. The first-order chi connectivity index (χ1) is 9.81. The van der Waals surface area contributed by atoms with Crippen molar-refractivity contribution in [2.24, 2.45) is 0 Å². The molecule has 7 nitrogen and oxygen atoms in total. The van der Waals surface area contributed by atoms with Crippen LogP contribution in [0.3, 0.4) is 0 Å². The smallest absolute Gasteiger partial charge is 0.337 e. The Hall–Kier alpha value is -1.34. The van der Waals surface area contributed by atoms with Gasteiger partial charge in [-0.2, -0.15) is 0 Å². The first kappa shape index (κ1) is 16.0. The van der Waals surface area contributed by atoms with Crippen molar-refractivity contribution in [2.45, 2.75) is 50.8 Å². The van der Waals surface area contributed by atoms with Gasteiger partial charge in [-0.25, -0.2) is 9.59 Å². The van der Waals surface area contributed by atoms with Crippen LogP contribution in [0, 0.1) is 0 Å². The quantitative estimate of drug-likeness (QED) is 0.687. The summed E-state index contributed by atoms with van der Waals surface area (Å²) in [5, 5.41) is 21.0. The number of carbonyl (C=O) groups is 2. The monoisotopic (exact) mass is 299 g/mol. The zero-order valence-corrected chi connectivity index (χ0v) is 12.7. The van der Waals surface area contributed by atoms with Crippen molar-refractivity contribution >= 4 is 12.0 Å². The summed E-state index contributed by atoms with van der Waals surface area (Å²) in [7, 11) is 0. The fraction of sp³-hybridized carbons (Fsp3) is 0.857. The van der Waals surface area contributed by atoms with Crippen LogP contribution in [0.25, 0.3) is 0 Å². The summed E-state index contributed by atoms with van der Waals surface area (Å²) in [5.74, 6) is -1.34. The molecule has 0 aromatic heterocycles. The highest BCUT2D eigenvalue weighted by Crippen LogP contribution is 2.24. The Balaban J connectivity index is 1.91. The molecule has 2 fully saturated rings. The second-order valence-corrected chi connectivity index (χ2v) is 6.38. The van der Waals surface area contributed by atoms with Gasteiger partial charge in [0.05, 0.1) is 6.54 Å². The number of aliphatic hydroxyl groups is 1. The number of hydrogen-bond acceptors (Lipinski definition) is 4. The standard InChI is InChI=1S/C14H25N3O4/c1-10-7-16-6-4-3-5-11(16)8-17(10)13(20)15-9-14(2,21)12(18)19/h10-11,21H,3-9H2,1-2H3,(H,15,20)(H,18,19). The Labute approximate surface area is 124 Å². The summed E-state index contributed by atoms with van der Waals surface area (Å²) in [6.07, 6.45) is 3.51. The van der Waals surface area contributed by atoms with Crippen LogP contribution in [0.5, 0.6) is 0 Å². The van der Waals surface area contributed by atoms with Crippen LogP contribution in [0.15, 0.2) is 0 Å². The largest absolute Gasteiger partial charge is 0.479 e. The lowest BCUT2D eigenvalue weighted by molar-refractivity contribution is -0.155. The number of nitrogens with one attached hydrogen (secondary N) is 1. The van der Waals surface area contributed by atoms with Crippen molar-refractivity contribution in [1.29, 1.82) is 0 Å². The molecule has 2 saturated heterocycles. The molecule has 0 spiro atoms. The SMILES string of the molecule is CC1CN2CCCCC2CN1C(=O)NCC(C)(O)C(=O)O. The van der Waals surface area contributed by atoms with Gasteiger partial charge >= 0.3 is 12.0 Å². The van der Waals surface area contributed by atoms with Gasteiger partial charge in [0.2, 0.25) is 0 Å². The van der Waals surface area contributed by atoms with E-state index in [0.29, 0.717) is 12.6 Å². The molecular weight excluding hydrogens is 274 g/mol. The molecule has 3 atom stereocenters. The van der Waals surface area contributed by atoms with Crippen LogP contribution in [-0.4, -0.2) is 75.9 Å². The second-order valence-electron chi connectivity index (χ2n) is 6.38. The van der Waals surface area contributed by atoms with Crippen LogP contribution in [0.2, 0.25) is 0 Å². The molecule has 21 heavy (non-hydrogen) atoms. The van der Waals surface area contributed by atoms with Crippen LogP contribution >= 0.6 is 0 Å². The van der Waals surface area contributed by atoms with E-state index in [-0.39, 0.29) is 18.6 Å². The van der Waals surface area contributed by atoms with E-state index in [1.54, 1.807) is 4.90 Å². The summed E-state index contributed by atoms with van der Waals surface area (Å²) in [6.45, 7) is 5.50. The average molecular weight is 299 g/mol. The molecule has 0 bridgehead atoms. The van der Waals surface area contributed by atoms with Crippen LogP contribution in [0.4, 0.5) is 4.79 Å². The fourth-order valence-electron chi connectivity index (χ4n) is 3.06. The van der Waals surface area contributed by atoms with E-state index in [1.807, 2.05) is 6.92 Å². The van der Waals surface area contributed by atoms with E-state index in [0.717, 1.165) is 19.5 Å². The summed E-state index contributed by atoms with van der Waals surface area (Å²) in [5.41, 5.74) is -1.94. The molecule has 2 rings (SSSR count). The van der Waals surface area contributed by atoms with Gasteiger partial charge in [0.15, 0.2) is 5.60 Å². The van der Waals surface area contributed by atoms with E-state index < -0.39 is 11.6 Å². The van der Waals surface area contributed by atoms with Gasteiger partial charge in [0.1, 0.15) is 0 Å². The molecule has 0 aliphatic carbocycles. The number of rotatable bonds is 3. The highest BCUT2D eigenvalue weighted by atomic mass is 16.4. The molecule has 2 heterocycles. The number of carbonyl (C=O) groups excluding carboxylic acids is 1. The van der Waals surface area contributed by atoms with Crippen molar-refractivity contribution in [3.63, 3.8) is 0 Å². The third kappa shape index (κ3) is 3.65. The van der Waals surface area contributed by atoms with Gasteiger partial charge in [0, 0.05) is 25.2 Å². The fourth-order valence-corrected chi connectivity index (χ4v) is 3.06. The minimum Gasteiger partial charge on any atom is -0.479 e. The van der Waals surface area contributed by atoms with Gasteiger partial charge in [-0.3, -0.25) is 4.90 Å². The highest BCUT2D eigenvalue weighted by molar-refractivity contribution is 5.79. The number of piperidine rings is 1. The number of fused-ring (bicyclic) bond motifs is 1. The number of piperazine rings is 1. The number of carboxylic acid groups (broad SMARTS) is 1. The predicted octanol–water partition coefficient (Wildman–Crippen LogP) is 0.0902. The molecule has 0 saturated carbocycles. The Morgan fingerprint density at radius 2 is 2.05 bits per heavy atom. The highest BCUT2D eigenvalue weighted by Gasteiger charge is 2.36. The van der Waals surface area contributed by atoms with Crippen molar-refractivity contribution in [3.05, 3.63) is 0 Å². The summed E-state index contributed by atoms with van der Waals surface area (Å²) in [6, 6.07) is 0.198. The predicted molar refractivity (Wildman–Crippen MR) is 77.0 cm³/mol. The lowest BCUT2D eigenvalue weighted by Gasteiger charge is -2.47. The Kier molecular flexibility index (Phi) is 4.73. The average Bonchev–Trinajstić information content (AvgIpc) is 2.44. The zero-order chi connectivity index (χ0) is 15.6. The molecule has 0 radical (unpaired) electrons. The van der Waals surface area contributed by atoms with Crippen molar-refractivity contribution in [1.82, 2.24) is 15.1 Å². The minimum atomic E-state index is -1.94. The number of hydrogen-bond donors (Lipinski definition) is 3. The molecule has 2 amide bonds. The van der Waals surface area contributed by atoms with E-state index in [1.165, 1.54) is 19.8 Å². The van der Waals surface area contributed by atoms with Gasteiger partial charge in [-0.15, -0.1) is 0 Å². The van der Waals surface area contributed by atoms with E-state index in [9.17, 15) is 14.7 Å². The minimum absolute atomic E-state index is 0.0918. The van der Waals surface area contributed by atoms with Crippen molar-refractivity contribution < 1.29 is 19.8 Å². The zero-order valence-electron chi connectivity index (χ0n) is 12.7. The molecule has 3 N–H and O–H groups in total. The lowest BCUT2D eigenvalue weighted by atomic mass is 9.97. The topological polar surface area (TPSA) is 93.1 Å². The number of carboxylic acids is 1. The molecule has 0 aromatic carbocycles. The molecule has 3 unspecified atom stereocenters. The van der Waals surface area contributed by atoms with Crippen LogP contribution < -0.4 is 5.32 Å². The summed E-state index contributed by atoms with van der Waals surface area (Å²) >= 11 is 0. The van der Waals surface area contributed by atoms with E-state index in [2.05, 4.69) is 10.2 Å². The third-order valence-corrected chi connectivity index (χ3v) is 4.49. The molecular formula is C14H25N3O4.